The molecule has 2 aromatic rings. The van der Waals surface area contributed by atoms with Gasteiger partial charge in [0.2, 0.25) is 11.8 Å². The highest BCUT2D eigenvalue weighted by atomic mass is 19.2. The van der Waals surface area contributed by atoms with Crippen LogP contribution in [0.2, 0.25) is 0 Å². The number of nitrogens with zero attached hydrogens (tertiary/aromatic N) is 5. The minimum absolute atomic E-state index is 0.0931. The molecule has 29 heavy (non-hydrogen) atoms. The van der Waals surface area contributed by atoms with Gasteiger partial charge in [0.1, 0.15) is 17.7 Å². The van der Waals surface area contributed by atoms with Gasteiger partial charge in [-0.3, -0.25) is 0 Å². The second-order valence-corrected chi connectivity index (χ2v) is 7.44. The summed E-state index contributed by atoms with van der Waals surface area (Å²) < 4.78 is 33.4. The summed E-state index contributed by atoms with van der Waals surface area (Å²) in [6, 6.07) is 3.31. The number of aliphatic imine (C=N–C) groups is 2. The molecule has 7 nitrogen and oxygen atoms in total. The molecule has 1 aliphatic carbocycles. The normalized spacial score (nSPS) is 24.4. The molecule has 3 unspecified atom stereocenters. The number of hydrogen-bond acceptors (Lipinski definition) is 7. The van der Waals surface area contributed by atoms with E-state index in [0.29, 0.717) is 22.8 Å². The van der Waals surface area contributed by atoms with Gasteiger partial charge in [-0.25, -0.2) is 28.8 Å². The van der Waals surface area contributed by atoms with Gasteiger partial charge in [0, 0.05) is 11.5 Å². The lowest BCUT2D eigenvalue weighted by atomic mass is 9.75. The average Bonchev–Trinajstić information content (AvgIpc) is 3.07. The van der Waals surface area contributed by atoms with E-state index in [2.05, 4.69) is 15.1 Å². The van der Waals surface area contributed by atoms with Gasteiger partial charge in [0.15, 0.2) is 11.6 Å². The zero-order valence-electron chi connectivity index (χ0n) is 15.7. The van der Waals surface area contributed by atoms with Crippen molar-refractivity contribution in [2.75, 3.05) is 7.11 Å². The number of methoxy groups -OCH3 is 1. The number of halogens is 2. The lowest BCUT2D eigenvalue weighted by Crippen LogP contribution is -2.45. The number of aromatic nitrogens is 1. The number of ether oxygens (including phenoxy) is 1. The molecule has 0 amide bonds. The molecule has 3 aliphatic rings. The Hall–Kier alpha value is -2.94. The fourth-order valence-electron chi connectivity index (χ4n) is 4.22. The number of hydrogen-bond donors (Lipinski definition) is 1. The van der Waals surface area contributed by atoms with E-state index >= 15 is 0 Å². The van der Waals surface area contributed by atoms with Crippen molar-refractivity contribution in [1.82, 2.24) is 9.99 Å². The summed E-state index contributed by atoms with van der Waals surface area (Å²) in [5.74, 6) is -1.21. The van der Waals surface area contributed by atoms with E-state index in [4.69, 9.17) is 9.73 Å². The van der Waals surface area contributed by atoms with Crippen molar-refractivity contribution in [3.63, 3.8) is 0 Å². The van der Waals surface area contributed by atoms with Crippen LogP contribution >= 0.6 is 0 Å². The fraction of sp³-hybridized carbons (Fsp3) is 0.400. The molecule has 1 aromatic heterocycles. The van der Waals surface area contributed by atoms with Crippen LogP contribution in [0.1, 0.15) is 30.9 Å². The monoisotopic (exact) mass is 399 g/mol. The number of fused-ring (bicyclic) bond motifs is 2. The molecular weight excluding hydrogens is 380 g/mol. The first-order chi connectivity index (χ1) is 14.1. The Labute approximate surface area is 165 Å². The summed E-state index contributed by atoms with van der Waals surface area (Å²) in [6.45, 7) is 0. The van der Waals surface area contributed by atoms with E-state index in [9.17, 15) is 13.9 Å². The molecule has 2 aliphatic heterocycles. The highest BCUT2D eigenvalue weighted by molar-refractivity contribution is 6.20. The maximum Gasteiger partial charge on any atom is 0.242 e. The van der Waals surface area contributed by atoms with Crippen LogP contribution in [0.5, 0.6) is 5.88 Å². The number of guanidine groups is 1. The van der Waals surface area contributed by atoms with Crippen LogP contribution in [0, 0.1) is 17.6 Å². The molecule has 3 atom stereocenters. The predicted octanol–water partition coefficient (Wildman–Crippen LogP) is 2.83. The lowest BCUT2D eigenvalue weighted by Gasteiger charge is -2.37. The zero-order chi connectivity index (χ0) is 20.1. The van der Waals surface area contributed by atoms with Gasteiger partial charge in [0.25, 0.3) is 0 Å². The predicted molar refractivity (Wildman–Crippen MR) is 104 cm³/mol. The molecule has 1 N–H and O–H groups in total. The molecule has 0 bridgehead atoms. The van der Waals surface area contributed by atoms with Crippen molar-refractivity contribution < 1.29 is 18.6 Å². The number of aliphatic hydroxyl groups excluding tert-OH is 1. The van der Waals surface area contributed by atoms with Crippen LogP contribution in [-0.2, 0) is 0 Å². The van der Waals surface area contributed by atoms with E-state index in [-0.39, 0.29) is 17.4 Å². The number of aliphatic hydroxyl groups is 1. The molecule has 1 aromatic carbocycles. The van der Waals surface area contributed by atoms with E-state index < -0.39 is 23.8 Å². The summed E-state index contributed by atoms with van der Waals surface area (Å²) in [7, 11) is 1.39. The van der Waals surface area contributed by atoms with Crippen LogP contribution in [0.4, 0.5) is 8.78 Å². The molecule has 3 heterocycles. The Morgan fingerprint density at radius 1 is 1.24 bits per heavy atom. The van der Waals surface area contributed by atoms with Gasteiger partial charge in [-0.05, 0) is 36.5 Å². The van der Waals surface area contributed by atoms with Crippen molar-refractivity contribution in [2.24, 2.45) is 21.0 Å². The largest absolute Gasteiger partial charge is 0.481 e. The average molecular weight is 399 g/mol. The molecular formula is C20H19F2N5O2. The number of rotatable bonds is 4. The SMILES string of the molecule is COc1cc(C(O)C2C(C3CCC3)N=C3N=CC=NN32)c2ccc(F)c(F)c2n1. The zero-order valence-corrected chi connectivity index (χ0v) is 15.7. The molecule has 9 heteroatoms. The lowest BCUT2D eigenvalue weighted by molar-refractivity contribution is 0.0585. The Morgan fingerprint density at radius 2 is 2.07 bits per heavy atom. The summed E-state index contributed by atoms with van der Waals surface area (Å²) >= 11 is 0. The number of hydrazone groups is 1. The first-order valence-corrected chi connectivity index (χ1v) is 9.53. The topological polar surface area (TPSA) is 82.7 Å². The third-order valence-corrected chi connectivity index (χ3v) is 5.91. The van der Waals surface area contributed by atoms with Crippen molar-refractivity contribution in [3.8, 4) is 5.88 Å². The Kier molecular flexibility index (Phi) is 4.27. The van der Waals surface area contributed by atoms with Gasteiger partial charge in [-0.2, -0.15) is 5.10 Å². The van der Waals surface area contributed by atoms with Gasteiger partial charge in [-0.15, -0.1) is 0 Å². The highest BCUT2D eigenvalue weighted by Crippen LogP contribution is 2.43. The summed E-state index contributed by atoms with van der Waals surface area (Å²) in [6.07, 6.45) is 5.18. The molecule has 0 saturated heterocycles. The quantitative estimate of drug-likeness (QED) is 0.857. The molecule has 150 valence electrons. The van der Waals surface area contributed by atoms with Crippen molar-refractivity contribution >= 4 is 29.3 Å². The van der Waals surface area contributed by atoms with Crippen molar-refractivity contribution in [2.45, 2.75) is 37.5 Å². The van der Waals surface area contributed by atoms with Crippen LogP contribution in [-0.4, -0.2) is 52.7 Å². The number of benzene rings is 1. The van der Waals surface area contributed by atoms with Crippen LogP contribution in [0.3, 0.4) is 0 Å². The summed E-state index contributed by atoms with van der Waals surface area (Å²) in [5, 5.41) is 17.7. The van der Waals surface area contributed by atoms with Crippen molar-refractivity contribution in [1.29, 1.82) is 0 Å². The summed E-state index contributed by atoms with van der Waals surface area (Å²) in [5.41, 5.74) is 0.208. The highest BCUT2D eigenvalue weighted by Gasteiger charge is 2.47. The van der Waals surface area contributed by atoms with Gasteiger partial charge in [0.05, 0.1) is 25.6 Å². The van der Waals surface area contributed by atoms with Crippen LogP contribution in [0.15, 0.2) is 33.3 Å². The molecule has 5 rings (SSSR count). The second kappa shape index (κ2) is 6.84. The number of pyridine rings is 1. The second-order valence-electron chi connectivity index (χ2n) is 7.44. The molecule has 1 fully saturated rings. The van der Waals surface area contributed by atoms with Crippen LogP contribution in [0.25, 0.3) is 10.9 Å². The van der Waals surface area contributed by atoms with E-state index in [1.807, 2.05) is 0 Å². The standard InChI is InChI=1S/C20H19F2N5O2/c1-29-14-9-12(11-5-6-13(21)15(22)17(11)25-14)19(28)18-16(10-3-2-4-10)26-20-23-7-8-24-27(18)20/h5-10,16,18-19,28H,2-4H2,1H3. The van der Waals surface area contributed by atoms with Gasteiger partial charge < -0.3 is 9.84 Å². The van der Waals surface area contributed by atoms with E-state index in [1.165, 1.54) is 13.2 Å². The van der Waals surface area contributed by atoms with Gasteiger partial charge >= 0.3 is 0 Å². The maximum absolute atomic E-state index is 14.4. The molecule has 1 saturated carbocycles. The third kappa shape index (κ3) is 2.79. The Bertz CT molecular complexity index is 1070. The first-order valence-electron chi connectivity index (χ1n) is 9.53. The molecule has 0 radical (unpaired) electrons. The Morgan fingerprint density at radius 3 is 2.79 bits per heavy atom. The maximum atomic E-state index is 14.4. The van der Waals surface area contributed by atoms with Gasteiger partial charge in [-0.1, -0.05) is 6.42 Å². The minimum atomic E-state index is -1.09. The molecule has 0 spiro atoms. The van der Waals surface area contributed by atoms with Crippen LogP contribution < -0.4 is 4.74 Å². The Balaban J connectivity index is 1.63. The smallest absolute Gasteiger partial charge is 0.242 e. The third-order valence-electron chi connectivity index (χ3n) is 5.91. The fourth-order valence-corrected chi connectivity index (χ4v) is 4.22. The summed E-state index contributed by atoms with van der Waals surface area (Å²) in [4.78, 5) is 13.0. The first kappa shape index (κ1) is 18.1. The van der Waals surface area contributed by atoms with E-state index in [0.717, 1.165) is 25.3 Å². The van der Waals surface area contributed by atoms with Crippen molar-refractivity contribution in [3.05, 3.63) is 35.4 Å². The minimum Gasteiger partial charge on any atom is -0.481 e. The van der Waals surface area contributed by atoms with E-state index in [1.54, 1.807) is 23.5 Å².